The number of ether oxygens (including phenoxy) is 1. The highest BCUT2D eigenvalue weighted by Crippen LogP contribution is 2.31. The van der Waals surface area contributed by atoms with Crippen LogP contribution in [0.4, 0.5) is 17.2 Å². The van der Waals surface area contributed by atoms with Gasteiger partial charge in [-0.05, 0) is 49.9 Å². The number of hydrogen-bond donors (Lipinski definition) is 3. The first-order chi connectivity index (χ1) is 16.2. The van der Waals surface area contributed by atoms with Gasteiger partial charge in [-0.1, -0.05) is 0 Å². The van der Waals surface area contributed by atoms with Gasteiger partial charge in [0.25, 0.3) is 5.91 Å². The summed E-state index contributed by atoms with van der Waals surface area (Å²) in [6.07, 6.45) is 7.67. The number of aromatic nitrogens is 3. The Bertz CT molecular complexity index is 1120. The van der Waals surface area contributed by atoms with Crippen LogP contribution in [0.3, 0.4) is 0 Å². The third kappa shape index (κ3) is 4.92. The lowest BCUT2D eigenvalue weighted by atomic mass is 10.1. The van der Waals surface area contributed by atoms with E-state index in [2.05, 4.69) is 43.1 Å². The molecule has 5 rings (SSSR count). The molecule has 10 heteroatoms. The van der Waals surface area contributed by atoms with Crippen molar-refractivity contribution in [3.63, 3.8) is 0 Å². The highest BCUT2D eigenvalue weighted by Gasteiger charge is 2.19. The summed E-state index contributed by atoms with van der Waals surface area (Å²) in [4.78, 5) is 21.2. The minimum atomic E-state index is -0.219. The Kier molecular flexibility index (Phi) is 6.65. The lowest BCUT2D eigenvalue weighted by Crippen LogP contribution is -2.38. The van der Waals surface area contributed by atoms with E-state index in [1.165, 1.54) is 0 Å². The van der Waals surface area contributed by atoms with Crippen LogP contribution in [-0.2, 0) is 4.74 Å². The van der Waals surface area contributed by atoms with Crippen LogP contribution in [0.5, 0.6) is 0 Å². The van der Waals surface area contributed by atoms with Crippen molar-refractivity contribution >= 4 is 40.5 Å². The number of thioether (sulfide) groups is 1. The maximum atomic E-state index is 13.2. The van der Waals surface area contributed by atoms with Crippen LogP contribution >= 0.6 is 11.8 Å². The standard InChI is InChI=1S/C23H29N7O2S/c1-33-20-13-17(29-9-11-32-12-10-29)4-5-19(20)27-23(31)18-15-25-30-8-6-21(28-22(18)30)26-16-3-2-7-24-14-16/h4-6,8,13,15-16,24H,2-3,7,9-12,14H2,1H3,(H,26,28)(H,27,31)/t16-/m1/s1. The number of rotatable bonds is 6. The molecule has 1 amide bonds. The molecule has 2 aromatic heterocycles. The van der Waals surface area contributed by atoms with Crippen LogP contribution in [-0.4, -0.2) is 72.2 Å². The summed E-state index contributed by atoms with van der Waals surface area (Å²) in [6.45, 7) is 5.20. The van der Waals surface area contributed by atoms with Crippen molar-refractivity contribution in [2.45, 2.75) is 23.8 Å². The fourth-order valence-electron chi connectivity index (χ4n) is 4.28. The number of benzene rings is 1. The quantitative estimate of drug-likeness (QED) is 0.477. The fraction of sp³-hybridized carbons (Fsp3) is 0.435. The van der Waals surface area contributed by atoms with E-state index in [0.29, 0.717) is 17.3 Å². The van der Waals surface area contributed by atoms with Crippen LogP contribution in [0.15, 0.2) is 41.6 Å². The fourth-order valence-corrected chi connectivity index (χ4v) is 4.86. The van der Waals surface area contributed by atoms with Crippen LogP contribution in [0, 0.1) is 0 Å². The van der Waals surface area contributed by atoms with Gasteiger partial charge in [-0.3, -0.25) is 4.79 Å². The number of nitrogens with zero attached hydrogens (tertiary/aromatic N) is 4. The number of morpholine rings is 1. The molecule has 3 N–H and O–H groups in total. The first kappa shape index (κ1) is 22.0. The van der Waals surface area contributed by atoms with Gasteiger partial charge in [0, 0.05) is 42.5 Å². The number of carbonyl (C=O) groups excluding carboxylic acids is 1. The number of anilines is 3. The van der Waals surface area contributed by atoms with E-state index in [1.54, 1.807) is 22.5 Å². The molecule has 1 atom stereocenters. The third-order valence-corrected chi connectivity index (χ3v) is 6.85. The molecule has 0 saturated carbocycles. The Morgan fingerprint density at radius 1 is 1.27 bits per heavy atom. The Balaban J connectivity index is 1.34. The number of piperidine rings is 1. The summed E-state index contributed by atoms with van der Waals surface area (Å²) in [6, 6.07) is 8.38. The van der Waals surface area contributed by atoms with E-state index < -0.39 is 0 Å². The van der Waals surface area contributed by atoms with Crippen molar-refractivity contribution in [2.24, 2.45) is 0 Å². The van der Waals surface area contributed by atoms with E-state index in [4.69, 9.17) is 4.74 Å². The minimum Gasteiger partial charge on any atom is -0.378 e. The zero-order valence-corrected chi connectivity index (χ0v) is 19.5. The topological polar surface area (TPSA) is 95.8 Å². The molecule has 0 spiro atoms. The van der Waals surface area contributed by atoms with Crippen LogP contribution < -0.4 is 20.9 Å². The summed E-state index contributed by atoms with van der Waals surface area (Å²) >= 11 is 1.61. The van der Waals surface area contributed by atoms with Gasteiger partial charge >= 0.3 is 0 Å². The Hall–Kier alpha value is -2.82. The maximum Gasteiger partial charge on any atom is 0.261 e. The van der Waals surface area contributed by atoms with Crippen molar-refractivity contribution in [3.05, 3.63) is 42.2 Å². The molecule has 174 valence electrons. The number of amides is 1. The second kappa shape index (κ2) is 9.98. The molecular formula is C23H29N7O2S. The number of hydrogen-bond acceptors (Lipinski definition) is 8. The Morgan fingerprint density at radius 3 is 2.94 bits per heavy atom. The molecule has 0 aliphatic carbocycles. The average Bonchev–Trinajstić information content (AvgIpc) is 3.29. The highest BCUT2D eigenvalue weighted by atomic mass is 32.2. The molecule has 0 radical (unpaired) electrons. The molecule has 0 bridgehead atoms. The van der Waals surface area contributed by atoms with Crippen molar-refractivity contribution < 1.29 is 9.53 Å². The zero-order valence-electron chi connectivity index (χ0n) is 18.7. The van der Waals surface area contributed by atoms with Crippen molar-refractivity contribution in [1.29, 1.82) is 0 Å². The second-order valence-corrected chi connectivity index (χ2v) is 9.11. The van der Waals surface area contributed by atoms with Crippen molar-refractivity contribution in [3.8, 4) is 0 Å². The minimum absolute atomic E-state index is 0.219. The molecule has 9 nitrogen and oxygen atoms in total. The number of nitrogens with one attached hydrogen (secondary N) is 3. The van der Waals surface area contributed by atoms with Gasteiger partial charge in [-0.25, -0.2) is 9.50 Å². The molecule has 2 aliphatic heterocycles. The van der Waals surface area contributed by atoms with E-state index in [0.717, 1.165) is 74.3 Å². The van der Waals surface area contributed by atoms with Crippen molar-refractivity contribution in [2.75, 3.05) is 61.2 Å². The van der Waals surface area contributed by atoms with Crippen LogP contribution in [0.2, 0.25) is 0 Å². The molecule has 2 fully saturated rings. The van der Waals surface area contributed by atoms with Gasteiger partial charge in [0.05, 0.1) is 25.1 Å². The smallest absolute Gasteiger partial charge is 0.261 e. The van der Waals surface area contributed by atoms with E-state index in [9.17, 15) is 4.79 Å². The predicted octanol–water partition coefficient (Wildman–Crippen LogP) is 2.70. The molecule has 2 saturated heterocycles. The predicted molar refractivity (Wildman–Crippen MR) is 132 cm³/mol. The third-order valence-electron chi connectivity index (χ3n) is 6.07. The van der Waals surface area contributed by atoms with Gasteiger partial charge in [0.15, 0.2) is 5.65 Å². The van der Waals surface area contributed by atoms with Gasteiger partial charge in [-0.15, -0.1) is 11.8 Å². The lowest BCUT2D eigenvalue weighted by Gasteiger charge is -2.29. The van der Waals surface area contributed by atoms with E-state index >= 15 is 0 Å². The largest absolute Gasteiger partial charge is 0.378 e. The maximum absolute atomic E-state index is 13.2. The van der Waals surface area contributed by atoms with Gasteiger partial charge in [0.2, 0.25) is 0 Å². The van der Waals surface area contributed by atoms with Crippen molar-refractivity contribution in [1.82, 2.24) is 19.9 Å². The van der Waals surface area contributed by atoms with Gasteiger partial charge in [-0.2, -0.15) is 5.10 Å². The zero-order chi connectivity index (χ0) is 22.6. The summed E-state index contributed by atoms with van der Waals surface area (Å²) in [5.41, 5.74) is 2.92. The molecule has 1 aromatic carbocycles. The molecule has 3 aromatic rings. The van der Waals surface area contributed by atoms with Gasteiger partial charge < -0.3 is 25.6 Å². The lowest BCUT2D eigenvalue weighted by molar-refractivity contribution is 0.102. The molecule has 2 aliphatic rings. The first-order valence-electron chi connectivity index (χ1n) is 11.3. The molecular weight excluding hydrogens is 438 g/mol. The second-order valence-electron chi connectivity index (χ2n) is 8.26. The monoisotopic (exact) mass is 467 g/mol. The summed E-state index contributed by atoms with van der Waals surface area (Å²) in [5.74, 6) is 0.536. The molecule has 4 heterocycles. The summed E-state index contributed by atoms with van der Waals surface area (Å²) in [5, 5.41) is 14.2. The SMILES string of the molecule is CSc1cc(N2CCOCC2)ccc1NC(=O)c1cnn2ccc(N[C@@H]3CCCNC3)nc12. The first-order valence-corrected chi connectivity index (χ1v) is 12.6. The number of carbonyl (C=O) groups is 1. The number of fused-ring (bicyclic) bond motifs is 1. The normalized spacial score (nSPS) is 18.9. The van der Waals surface area contributed by atoms with Crippen LogP contribution in [0.25, 0.3) is 5.65 Å². The van der Waals surface area contributed by atoms with Crippen LogP contribution in [0.1, 0.15) is 23.2 Å². The average molecular weight is 468 g/mol. The van der Waals surface area contributed by atoms with E-state index in [1.807, 2.05) is 24.6 Å². The summed E-state index contributed by atoms with van der Waals surface area (Å²) in [7, 11) is 0. The Morgan fingerprint density at radius 2 is 2.15 bits per heavy atom. The summed E-state index contributed by atoms with van der Waals surface area (Å²) < 4.78 is 7.09. The molecule has 33 heavy (non-hydrogen) atoms. The van der Waals surface area contributed by atoms with Gasteiger partial charge in [0.1, 0.15) is 11.4 Å². The Labute approximate surface area is 197 Å². The molecule has 0 unspecified atom stereocenters. The highest BCUT2D eigenvalue weighted by molar-refractivity contribution is 7.98. The van der Waals surface area contributed by atoms with E-state index in [-0.39, 0.29) is 5.91 Å².